The first kappa shape index (κ1) is 34.4. The maximum Gasteiger partial charge on any atom is 0.363 e. The highest BCUT2D eigenvalue weighted by Gasteiger charge is 2.33. The molecule has 0 unspecified atom stereocenters. The molecule has 1 saturated heterocycles. The zero-order valence-corrected chi connectivity index (χ0v) is 30.6. The van der Waals surface area contributed by atoms with Gasteiger partial charge in [-0.3, -0.25) is 24.5 Å². The Morgan fingerprint density at radius 3 is 1.26 bits per heavy atom. The van der Waals surface area contributed by atoms with Crippen LogP contribution in [0.3, 0.4) is 0 Å². The first-order valence-corrected chi connectivity index (χ1v) is 18.5. The minimum atomic E-state index is -0.803. The van der Waals surface area contributed by atoms with Gasteiger partial charge < -0.3 is 14.8 Å². The van der Waals surface area contributed by atoms with E-state index in [4.69, 9.17) is 14.8 Å². The highest BCUT2D eigenvalue weighted by molar-refractivity contribution is 6.04. The van der Waals surface area contributed by atoms with E-state index in [1.165, 1.54) is 0 Å². The third kappa shape index (κ3) is 6.14. The quantitative estimate of drug-likeness (QED) is 0.158. The summed E-state index contributed by atoms with van der Waals surface area (Å²) in [6.45, 7) is 0. The molecule has 0 radical (unpaired) electrons. The summed E-state index contributed by atoms with van der Waals surface area (Å²) in [5, 5.41) is 0.550. The van der Waals surface area contributed by atoms with E-state index in [9.17, 15) is 14.4 Å². The number of carbonyl (C=O) groups is 3. The molecule has 12 nitrogen and oxygen atoms in total. The normalized spacial score (nSPS) is 13.3. The molecular weight excluding hydrogens is 729 g/mol. The molecule has 9 heterocycles. The van der Waals surface area contributed by atoms with Crippen molar-refractivity contribution in [1.29, 1.82) is 0 Å². The number of nitrogens with zero attached hydrogens (tertiary/aromatic N) is 6. The summed E-state index contributed by atoms with van der Waals surface area (Å²) in [7, 11) is 0. The molecule has 0 aliphatic carbocycles. The Morgan fingerprint density at radius 1 is 0.466 bits per heavy atom. The van der Waals surface area contributed by atoms with E-state index in [0.717, 1.165) is 89.4 Å². The first-order valence-electron chi connectivity index (χ1n) is 18.5. The molecule has 58 heavy (non-hydrogen) atoms. The number of H-pyrrole nitrogens is 2. The van der Waals surface area contributed by atoms with Crippen molar-refractivity contribution in [3.63, 3.8) is 0 Å². The zero-order chi connectivity index (χ0) is 39.2. The van der Waals surface area contributed by atoms with Crippen LogP contribution in [0.25, 0.3) is 90.9 Å². The third-order valence-corrected chi connectivity index (χ3v) is 10.3. The van der Waals surface area contributed by atoms with Crippen molar-refractivity contribution in [2.75, 3.05) is 0 Å². The van der Waals surface area contributed by atoms with Crippen LogP contribution in [-0.4, -0.2) is 57.7 Å². The van der Waals surface area contributed by atoms with Crippen LogP contribution in [0.4, 0.5) is 0 Å². The summed E-state index contributed by atoms with van der Waals surface area (Å²) in [6.07, 6.45) is 18.7. The van der Waals surface area contributed by atoms with Crippen LogP contribution in [0.15, 0.2) is 122 Å². The SMILES string of the molecule is O=C(ON1C(=O)CCC1=O)c1ccc(-c2c3ccc([nH]3)c(-c3ccncc3)c3nc(c(-c4ccncc4)c4nc(c(-c5ccncc5)c5ccc2[nH]5)C=C4)C=C3)cc1. The Kier molecular flexibility index (Phi) is 8.41. The highest BCUT2D eigenvalue weighted by Crippen LogP contribution is 2.38. The standard InChI is InChI=1S/C46H30N8O4/c55-40-13-14-41(56)54(40)58-46(57)31-3-1-27(2-4-31)42-32-5-7-34(50-32)43(28-15-21-47-22-16-28)36-9-11-38(52-36)45(30-19-25-49-26-20-30)39-12-10-37(53-39)44(29-17-23-48-24-18-29)35-8-6-33(42)51-35/h1-12,15-26,50-51H,13-14H2. The van der Waals surface area contributed by atoms with Crippen molar-refractivity contribution in [1.82, 2.24) is 40.0 Å². The van der Waals surface area contributed by atoms with Crippen LogP contribution in [-0.2, 0) is 14.4 Å². The van der Waals surface area contributed by atoms with Crippen LogP contribution in [0.2, 0.25) is 0 Å². The number of hydrogen-bond donors (Lipinski definition) is 2. The summed E-state index contributed by atoms with van der Waals surface area (Å²) in [5.74, 6) is -1.88. The lowest BCUT2D eigenvalue weighted by Gasteiger charge is -2.12. The monoisotopic (exact) mass is 758 g/mol. The Balaban J connectivity index is 1.26. The molecular formula is C46H30N8O4. The van der Waals surface area contributed by atoms with Gasteiger partial charge in [0.1, 0.15) is 0 Å². The van der Waals surface area contributed by atoms with Gasteiger partial charge in [-0.15, -0.1) is 5.06 Å². The molecule has 10 rings (SSSR count). The number of pyridine rings is 3. The highest BCUT2D eigenvalue weighted by atomic mass is 16.7. The first-order chi connectivity index (χ1) is 28.5. The summed E-state index contributed by atoms with van der Waals surface area (Å²) in [4.78, 5) is 73.3. The Morgan fingerprint density at radius 2 is 0.828 bits per heavy atom. The van der Waals surface area contributed by atoms with Gasteiger partial charge in [0.25, 0.3) is 11.8 Å². The van der Waals surface area contributed by atoms with Crippen molar-refractivity contribution in [3.8, 4) is 44.5 Å². The van der Waals surface area contributed by atoms with Gasteiger partial charge in [-0.25, -0.2) is 14.8 Å². The molecule has 1 aromatic carbocycles. The molecule has 3 aliphatic heterocycles. The smallest absolute Gasteiger partial charge is 0.354 e. The molecule has 12 heteroatoms. The molecule has 0 spiro atoms. The van der Waals surface area contributed by atoms with Gasteiger partial charge in [-0.2, -0.15) is 0 Å². The van der Waals surface area contributed by atoms with Crippen LogP contribution < -0.4 is 0 Å². The number of rotatable bonds is 6. The molecule has 1 fully saturated rings. The van der Waals surface area contributed by atoms with E-state index in [1.807, 2.05) is 97.1 Å². The summed E-state index contributed by atoms with van der Waals surface area (Å²) < 4.78 is 0. The average Bonchev–Trinajstić information content (AvgIpc) is 4.13. The second-order valence-electron chi connectivity index (χ2n) is 13.7. The predicted molar refractivity (Wildman–Crippen MR) is 220 cm³/mol. The van der Waals surface area contributed by atoms with E-state index in [2.05, 4.69) is 24.9 Å². The van der Waals surface area contributed by atoms with E-state index >= 15 is 0 Å². The lowest BCUT2D eigenvalue weighted by atomic mass is 10.0. The largest absolute Gasteiger partial charge is 0.363 e. The Hall–Kier alpha value is -8.12. The molecule has 3 aliphatic rings. The Labute approximate surface area is 330 Å². The number of benzene rings is 1. The fraction of sp³-hybridized carbons (Fsp3) is 0.0435. The van der Waals surface area contributed by atoms with Crippen LogP contribution in [0.5, 0.6) is 0 Å². The van der Waals surface area contributed by atoms with Gasteiger partial charge in [0.15, 0.2) is 0 Å². The Bertz CT molecular complexity index is 2870. The molecule has 8 bridgehead atoms. The van der Waals surface area contributed by atoms with E-state index < -0.39 is 17.8 Å². The summed E-state index contributed by atoms with van der Waals surface area (Å²) in [6, 6.07) is 26.7. The molecule has 2 amide bonds. The van der Waals surface area contributed by atoms with Gasteiger partial charge in [0, 0.05) is 94.3 Å². The average molecular weight is 759 g/mol. The molecule has 0 atom stereocenters. The van der Waals surface area contributed by atoms with Crippen molar-refractivity contribution >= 4 is 64.2 Å². The minimum absolute atomic E-state index is 0.0114. The number of imide groups is 1. The number of aromatic nitrogens is 7. The van der Waals surface area contributed by atoms with Crippen molar-refractivity contribution in [3.05, 3.63) is 150 Å². The van der Waals surface area contributed by atoms with E-state index in [-0.39, 0.29) is 18.4 Å². The van der Waals surface area contributed by atoms with Crippen LogP contribution >= 0.6 is 0 Å². The van der Waals surface area contributed by atoms with Crippen LogP contribution in [0, 0.1) is 0 Å². The number of aromatic amines is 2. The van der Waals surface area contributed by atoms with Crippen molar-refractivity contribution in [2.45, 2.75) is 12.8 Å². The number of hydroxylamine groups is 2. The topological polar surface area (TPSA) is 160 Å². The molecule has 278 valence electrons. The maximum absolute atomic E-state index is 13.1. The van der Waals surface area contributed by atoms with E-state index in [0.29, 0.717) is 5.06 Å². The fourth-order valence-electron chi connectivity index (χ4n) is 7.54. The van der Waals surface area contributed by atoms with E-state index in [1.54, 1.807) is 49.3 Å². The lowest BCUT2D eigenvalue weighted by molar-refractivity contribution is -0.172. The molecule has 0 saturated carbocycles. The number of fused-ring (bicyclic) bond motifs is 8. The van der Waals surface area contributed by atoms with Crippen molar-refractivity contribution < 1.29 is 19.2 Å². The van der Waals surface area contributed by atoms with Gasteiger partial charge in [-0.1, -0.05) is 12.1 Å². The third-order valence-electron chi connectivity index (χ3n) is 10.3. The molecule has 6 aromatic heterocycles. The number of nitrogens with one attached hydrogen (secondary N) is 2. The predicted octanol–water partition coefficient (Wildman–Crippen LogP) is 8.73. The zero-order valence-electron chi connectivity index (χ0n) is 30.6. The van der Waals surface area contributed by atoms with Gasteiger partial charge >= 0.3 is 5.97 Å². The summed E-state index contributed by atoms with van der Waals surface area (Å²) in [5.41, 5.74) is 13.4. The van der Waals surface area contributed by atoms with Gasteiger partial charge in [0.05, 0.1) is 28.3 Å². The second kappa shape index (κ2) is 14.2. The molecule has 2 N–H and O–H groups in total. The number of carbonyl (C=O) groups excluding carboxylic acids is 3. The fourth-order valence-corrected chi connectivity index (χ4v) is 7.54. The lowest BCUT2D eigenvalue weighted by Crippen LogP contribution is -2.32. The van der Waals surface area contributed by atoms with Crippen LogP contribution in [0.1, 0.15) is 46.0 Å². The summed E-state index contributed by atoms with van der Waals surface area (Å²) >= 11 is 0. The molecule has 7 aromatic rings. The van der Waals surface area contributed by atoms with Gasteiger partial charge in [0.2, 0.25) is 0 Å². The maximum atomic E-state index is 13.1. The van der Waals surface area contributed by atoms with Gasteiger partial charge in [-0.05, 0) is 119 Å². The van der Waals surface area contributed by atoms with Crippen molar-refractivity contribution in [2.24, 2.45) is 0 Å². The minimum Gasteiger partial charge on any atom is -0.354 e. The number of hydrogen-bond acceptors (Lipinski definition) is 9. The number of amides is 2. The second-order valence-corrected chi connectivity index (χ2v) is 13.7.